The van der Waals surface area contributed by atoms with Gasteiger partial charge in [-0.2, -0.15) is 0 Å². The zero-order chi connectivity index (χ0) is 25.9. The molecule has 37 heavy (non-hydrogen) atoms. The van der Waals surface area contributed by atoms with Gasteiger partial charge in [0.05, 0.1) is 45.4 Å². The van der Waals surface area contributed by atoms with Crippen LogP contribution in [0.2, 0.25) is 0 Å². The van der Waals surface area contributed by atoms with Crippen LogP contribution in [0.15, 0.2) is 71.9 Å². The van der Waals surface area contributed by atoms with E-state index in [4.69, 9.17) is 18.9 Å². The number of carbonyl (C=O) groups excluding carboxylic acids is 1. The molecule has 192 valence electrons. The zero-order valence-electron chi connectivity index (χ0n) is 21.6. The first kappa shape index (κ1) is 24.6. The quantitative estimate of drug-likeness (QED) is 0.406. The molecular weight excluding hydrogens is 468 g/mol. The molecule has 5 rings (SSSR count). The molecule has 0 radical (unpaired) electrons. The molecule has 2 N–H and O–H groups in total. The molecule has 0 spiro atoms. The van der Waals surface area contributed by atoms with Crippen molar-refractivity contribution in [1.82, 2.24) is 0 Å². The fourth-order valence-electron chi connectivity index (χ4n) is 5.30. The van der Waals surface area contributed by atoms with E-state index in [9.17, 15) is 4.79 Å². The standard InChI is InChI=1S/C30H32N2O5/c1-5-37-25-13-9-6-10-20(25)29-28-23(31-21-11-7-8-12-22(21)32-29)14-18(15-24(28)33)19-16-26(34-2)30(36-4)27(17-19)35-3/h6-13,16-18,29,31-32H,5,14-15H2,1-4H3/t18-,29-/m1/s1. The van der Waals surface area contributed by atoms with Crippen molar-refractivity contribution in [2.75, 3.05) is 38.6 Å². The summed E-state index contributed by atoms with van der Waals surface area (Å²) in [6, 6.07) is 19.5. The van der Waals surface area contributed by atoms with Gasteiger partial charge in [0.15, 0.2) is 17.3 Å². The number of ether oxygens (including phenoxy) is 4. The Morgan fingerprint density at radius 1 is 0.838 bits per heavy atom. The number of nitrogens with one attached hydrogen (secondary N) is 2. The normalized spacial score (nSPS) is 18.5. The first-order valence-electron chi connectivity index (χ1n) is 12.5. The maximum absolute atomic E-state index is 13.9. The van der Waals surface area contributed by atoms with E-state index in [-0.39, 0.29) is 17.7 Å². The van der Waals surface area contributed by atoms with Crippen molar-refractivity contribution in [3.63, 3.8) is 0 Å². The number of para-hydroxylation sites is 3. The van der Waals surface area contributed by atoms with E-state index in [1.165, 1.54) is 0 Å². The minimum atomic E-state index is -0.345. The first-order valence-corrected chi connectivity index (χ1v) is 12.5. The number of fused-ring (bicyclic) bond motifs is 1. The number of allylic oxidation sites excluding steroid dienone is 1. The molecule has 0 saturated heterocycles. The van der Waals surface area contributed by atoms with Crippen LogP contribution in [0.4, 0.5) is 11.4 Å². The lowest BCUT2D eigenvalue weighted by Crippen LogP contribution is -2.27. The van der Waals surface area contributed by atoms with Gasteiger partial charge in [-0.25, -0.2) is 0 Å². The summed E-state index contributed by atoms with van der Waals surface area (Å²) in [5, 5.41) is 7.22. The molecule has 0 unspecified atom stereocenters. The van der Waals surface area contributed by atoms with Gasteiger partial charge >= 0.3 is 0 Å². The van der Waals surface area contributed by atoms with Crippen LogP contribution in [-0.4, -0.2) is 33.7 Å². The summed E-state index contributed by atoms with van der Waals surface area (Å²) in [7, 11) is 4.79. The lowest BCUT2D eigenvalue weighted by atomic mass is 9.78. The molecule has 1 aliphatic carbocycles. The highest BCUT2D eigenvalue weighted by Crippen LogP contribution is 2.48. The van der Waals surface area contributed by atoms with E-state index < -0.39 is 0 Å². The van der Waals surface area contributed by atoms with Crippen LogP contribution in [0.5, 0.6) is 23.0 Å². The van der Waals surface area contributed by atoms with Crippen molar-refractivity contribution in [3.05, 3.63) is 83.1 Å². The number of carbonyl (C=O) groups is 1. The van der Waals surface area contributed by atoms with Crippen molar-refractivity contribution in [2.45, 2.75) is 31.7 Å². The number of ketones is 1. The van der Waals surface area contributed by atoms with Gasteiger partial charge in [-0.05, 0) is 55.2 Å². The molecule has 0 amide bonds. The van der Waals surface area contributed by atoms with Gasteiger partial charge in [0.25, 0.3) is 0 Å². The van der Waals surface area contributed by atoms with E-state index in [1.807, 2.05) is 67.6 Å². The summed E-state index contributed by atoms with van der Waals surface area (Å²) >= 11 is 0. The van der Waals surface area contributed by atoms with Crippen molar-refractivity contribution < 1.29 is 23.7 Å². The number of hydrogen-bond donors (Lipinski definition) is 2. The molecule has 0 bridgehead atoms. The second-order valence-corrected chi connectivity index (χ2v) is 9.10. The van der Waals surface area contributed by atoms with Crippen LogP contribution in [0.25, 0.3) is 0 Å². The molecule has 3 aromatic carbocycles. The van der Waals surface area contributed by atoms with Gasteiger partial charge in [-0.3, -0.25) is 4.79 Å². The van der Waals surface area contributed by atoms with E-state index in [0.717, 1.165) is 39.5 Å². The lowest BCUT2D eigenvalue weighted by molar-refractivity contribution is -0.116. The average molecular weight is 501 g/mol. The Morgan fingerprint density at radius 3 is 2.19 bits per heavy atom. The van der Waals surface area contributed by atoms with Crippen LogP contribution < -0.4 is 29.6 Å². The fourth-order valence-corrected chi connectivity index (χ4v) is 5.30. The minimum Gasteiger partial charge on any atom is -0.494 e. The number of benzene rings is 3. The fraction of sp³-hybridized carbons (Fsp3) is 0.300. The number of rotatable bonds is 7. The smallest absolute Gasteiger partial charge is 0.203 e. The van der Waals surface area contributed by atoms with Gasteiger partial charge in [0, 0.05) is 23.3 Å². The first-order chi connectivity index (χ1) is 18.1. The Bertz CT molecular complexity index is 1320. The van der Waals surface area contributed by atoms with Crippen molar-refractivity contribution in [2.24, 2.45) is 0 Å². The van der Waals surface area contributed by atoms with Gasteiger partial charge in [0.1, 0.15) is 5.75 Å². The third kappa shape index (κ3) is 4.57. The summed E-state index contributed by atoms with van der Waals surface area (Å²) in [4.78, 5) is 13.9. The van der Waals surface area contributed by atoms with E-state index in [2.05, 4.69) is 10.6 Å². The number of hydrogen-bond acceptors (Lipinski definition) is 7. The molecule has 2 atom stereocenters. The highest BCUT2D eigenvalue weighted by molar-refractivity contribution is 6.01. The van der Waals surface area contributed by atoms with Crippen LogP contribution in [0.1, 0.15) is 42.9 Å². The molecule has 1 aliphatic heterocycles. The van der Waals surface area contributed by atoms with Crippen LogP contribution in [0.3, 0.4) is 0 Å². The molecule has 0 aromatic heterocycles. The maximum Gasteiger partial charge on any atom is 0.203 e. The highest BCUT2D eigenvalue weighted by Gasteiger charge is 2.37. The van der Waals surface area contributed by atoms with Crippen molar-refractivity contribution in [3.8, 4) is 23.0 Å². The Morgan fingerprint density at radius 2 is 1.51 bits per heavy atom. The van der Waals surface area contributed by atoms with Gasteiger partial charge in [0.2, 0.25) is 5.75 Å². The summed E-state index contributed by atoms with van der Waals surface area (Å²) in [5.41, 5.74) is 5.42. The molecule has 7 heteroatoms. The average Bonchev–Trinajstić information content (AvgIpc) is 3.09. The number of methoxy groups -OCH3 is 3. The third-order valence-electron chi connectivity index (χ3n) is 7.00. The molecule has 0 fully saturated rings. The second kappa shape index (κ2) is 10.5. The van der Waals surface area contributed by atoms with Gasteiger partial charge < -0.3 is 29.6 Å². The van der Waals surface area contributed by atoms with Gasteiger partial charge in [-0.1, -0.05) is 30.3 Å². The van der Waals surface area contributed by atoms with Crippen molar-refractivity contribution >= 4 is 17.2 Å². The summed E-state index contributed by atoms with van der Waals surface area (Å²) in [5.74, 6) is 2.49. The SMILES string of the molecule is CCOc1ccccc1[C@H]1Nc2ccccc2NC2=C1C(=O)C[C@H](c1cc(OC)c(OC)c(OC)c1)C2. The largest absolute Gasteiger partial charge is 0.494 e. The number of anilines is 2. The van der Waals surface area contributed by atoms with Crippen LogP contribution >= 0.6 is 0 Å². The highest BCUT2D eigenvalue weighted by atomic mass is 16.5. The van der Waals surface area contributed by atoms with E-state index in [0.29, 0.717) is 36.7 Å². The summed E-state index contributed by atoms with van der Waals surface area (Å²) in [6.07, 6.45) is 1.02. The Labute approximate surface area is 217 Å². The minimum absolute atomic E-state index is 0.0551. The molecule has 3 aromatic rings. The Kier molecular flexibility index (Phi) is 6.95. The lowest BCUT2D eigenvalue weighted by Gasteiger charge is -2.31. The molecular formula is C30H32N2O5. The Balaban J connectivity index is 1.61. The van der Waals surface area contributed by atoms with Crippen LogP contribution in [0, 0.1) is 0 Å². The van der Waals surface area contributed by atoms with E-state index in [1.54, 1.807) is 21.3 Å². The molecule has 7 nitrogen and oxygen atoms in total. The second-order valence-electron chi connectivity index (χ2n) is 9.10. The predicted molar refractivity (Wildman–Crippen MR) is 144 cm³/mol. The summed E-state index contributed by atoms with van der Waals surface area (Å²) < 4.78 is 22.6. The van der Waals surface area contributed by atoms with E-state index >= 15 is 0 Å². The Hall–Kier alpha value is -4.13. The van der Waals surface area contributed by atoms with Gasteiger partial charge in [-0.15, -0.1) is 0 Å². The topological polar surface area (TPSA) is 78.1 Å². The van der Waals surface area contributed by atoms with Crippen LogP contribution in [-0.2, 0) is 4.79 Å². The monoisotopic (exact) mass is 500 g/mol. The molecule has 0 saturated carbocycles. The zero-order valence-corrected chi connectivity index (χ0v) is 21.6. The summed E-state index contributed by atoms with van der Waals surface area (Å²) in [6.45, 7) is 2.51. The third-order valence-corrected chi connectivity index (χ3v) is 7.00. The van der Waals surface area contributed by atoms with Crippen molar-refractivity contribution in [1.29, 1.82) is 0 Å². The molecule has 2 aliphatic rings. The number of Topliss-reactive ketones (excluding diaryl/α,β-unsaturated/α-hetero) is 1. The predicted octanol–water partition coefficient (Wildman–Crippen LogP) is 6.09. The maximum atomic E-state index is 13.9. The molecule has 1 heterocycles.